The molecule has 0 radical (unpaired) electrons. The molecule has 0 amide bonds. The fourth-order valence-electron chi connectivity index (χ4n) is 2.54. The maximum Gasteiger partial charge on any atom is 0.270 e. The van der Waals surface area contributed by atoms with Crippen molar-refractivity contribution in [2.24, 2.45) is 0 Å². The molecule has 0 fully saturated rings. The summed E-state index contributed by atoms with van der Waals surface area (Å²) in [5.74, 6) is 0.116. The fourth-order valence-corrected chi connectivity index (χ4v) is 2.54. The predicted octanol–water partition coefficient (Wildman–Crippen LogP) is 2.01. The number of non-ortho nitro benzene ring substituents is 1. The van der Waals surface area contributed by atoms with Gasteiger partial charge in [-0.25, -0.2) is 0 Å². The van der Waals surface area contributed by atoms with E-state index in [9.17, 15) is 15.2 Å². The smallest absolute Gasteiger partial charge is 0.270 e. The van der Waals surface area contributed by atoms with Crippen LogP contribution < -0.4 is 0 Å². The molecule has 0 aliphatic rings. The van der Waals surface area contributed by atoms with Crippen LogP contribution in [-0.2, 0) is 6.54 Å². The highest BCUT2D eigenvalue weighted by Crippen LogP contribution is 2.24. The molecule has 0 aliphatic carbocycles. The largest absolute Gasteiger partial charge is 0.508 e. The first kappa shape index (κ1) is 20.3. The van der Waals surface area contributed by atoms with Gasteiger partial charge in [-0.1, -0.05) is 0 Å². The molecule has 0 spiro atoms. The second-order valence-corrected chi connectivity index (χ2v) is 6.66. The van der Waals surface area contributed by atoms with Crippen LogP contribution in [-0.4, -0.2) is 79.1 Å². The van der Waals surface area contributed by atoms with Gasteiger partial charge in [0.15, 0.2) is 0 Å². The lowest BCUT2D eigenvalue weighted by Gasteiger charge is -2.24. The van der Waals surface area contributed by atoms with Crippen molar-refractivity contribution >= 4 is 5.69 Å². The van der Waals surface area contributed by atoms with E-state index in [0.717, 1.165) is 39.0 Å². The predicted molar refractivity (Wildman–Crippen MR) is 96.4 cm³/mol. The summed E-state index contributed by atoms with van der Waals surface area (Å²) in [5, 5.41) is 21.0. The number of hydrogen-bond acceptors (Lipinski definition) is 6. The zero-order valence-corrected chi connectivity index (χ0v) is 15.2. The first-order valence-electron chi connectivity index (χ1n) is 8.27. The normalized spacial score (nSPS) is 11.6. The van der Waals surface area contributed by atoms with E-state index in [-0.39, 0.29) is 11.4 Å². The molecule has 0 aliphatic heterocycles. The number of nitro benzene ring substituents is 1. The lowest BCUT2D eigenvalue weighted by atomic mass is 10.1. The summed E-state index contributed by atoms with van der Waals surface area (Å²) in [6.07, 6.45) is 2.04. The van der Waals surface area contributed by atoms with E-state index < -0.39 is 4.92 Å². The zero-order valence-electron chi connectivity index (χ0n) is 15.2. The Labute approximate surface area is 144 Å². The average molecular weight is 338 g/mol. The van der Waals surface area contributed by atoms with Gasteiger partial charge in [0.05, 0.1) is 4.92 Å². The Morgan fingerprint density at radius 2 is 1.54 bits per heavy atom. The van der Waals surface area contributed by atoms with Crippen LogP contribution in [0.15, 0.2) is 18.2 Å². The summed E-state index contributed by atoms with van der Waals surface area (Å²) >= 11 is 0. The van der Waals surface area contributed by atoms with E-state index in [2.05, 4.69) is 14.7 Å². The highest BCUT2D eigenvalue weighted by Gasteiger charge is 2.14. The van der Waals surface area contributed by atoms with Gasteiger partial charge >= 0.3 is 0 Å². The minimum absolute atomic E-state index is 0.0179. The van der Waals surface area contributed by atoms with Crippen molar-refractivity contribution in [3.05, 3.63) is 33.9 Å². The van der Waals surface area contributed by atoms with Gasteiger partial charge in [-0.2, -0.15) is 0 Å². The van der Waals surface area contributed by atoms with Crippen molar-refractivity contribution in [3.8, 4) is 5.75 Å². The number of hydrogen-bond donors (Lipinski definition) is 1. The van der Waals surface area contributed by atoms with E-state index in [4.69, 9.17) is 0 Å². The van der Waals surface area contributed by atoms with Crippen LogP contribution in [0.1, 0.15) is 18.4 Å². The van der Waals surface area contributed by atoms with Gasteiger partial charge in [-0.15, -0.1) is 0 Å². The van der Waals surface area contributed by atoms with Crippen LogP contribution in [0.3, 0.4) is 0 Å². The van der Waals surface area contributed by atoms with Gasteiger partial charge in [-0.05, 0) is 73.3 Å². The molecule has 0 saturated carbocycles. The van der Waals surface area contributed by atoms with Crippen LogP contribution >= 0.6 is 0 Å². The first-order chi connectivity index (χ1) is 11.3. The van der Waals surface area contributed by atoms with Gasteiger partial charge in [0, 0.05) is 24.2 Å². The Balaban J connectivity index is 2.74. The molecule has 0 atom stereocenters. The molecule has 24 heavy (non-hydrogen) atoms. The van der Waals surface area contributed by atoms with Crippen molar-refractivity contribution in [1.82, 2.24) is 14.7 Å². The van der Waals surface area contributed by atoms with Crippen molar-refractivity contribution < 1.29 is 10.0 Å². The number of phenolic OH excluding ortho intramolecular Hbond substituents is 1. The van der Waals surface area contributed by atoms with Gasteiger partial charge in [0.25, 0.3) is 5.69 Å². The van der Waals surface area contributed by atoms with E-state index in [0.29, 0.717) is 12.1 Å². The Hall–Kier alpha value is -1.70. The number of rotatable bonds is 11. The number of phenols is 1. The van der Waals surface area contributed by atoms with Gasteiger partial charge in [-0.3, -0.25) is 15.0 Å². The maximum atomic E-state index is 10.9. The molecule has 1 aromatic carbocycles. The Bertz CT molecular complexity index is 507. The number of benzene rings is 1. The van der Waals surface area contributed by atoms with E-state index in [1.54, 1.807) is 0 Å². The Morgan fingerprint density at radius 1 is 1.00 bits per heavy atom. The summed E-state index contributed by atoms with van der Waals surface area (Å²) in [6.45, 7) is 4.30. The molecule has 0 aromatic heterocycles. The molecule has 0 bridgehead atoms. The lowest BCUT2D eigenvalue weighted by Crippen LogP contribution is -2.30. The Morgan fingerprint density at radius 3 is 2.00 bits per heavy atom. The van der Waals surface area contributed by atoms with Crippen molar-refractivity contribution in [2.45, 2.75) is 19.4 Å². The maximum absolute atomic E-state index is 10.9. The van der Waals surface area contributed by atoms with E-state index in [1.807, 2.05) is 28.2 Å². The highest BCUT2D eigenvalue weighted by atomic mass is 16.6. The molecule has 1 N–H and O–H groups in total. The topological polar surface area (TPSA) is 73.1 Å². The lowest BCUT2D eigenvalue weighted by molar-refractivity contribution is -0.385. The molecule has 0 unspecified atom stereocenters. The summed E-state index contributed by atoms with van der Waals surface area (Å²) in [5.41, 5.74) is 0.628. The molecule has 0 saturated heterocycles. The van der Waals surface area contributed by atoms with Crippen LogP contribution in [0.25, 0.3) is 0 Å². The average Bonchev–Trinajstić information content (AvgIpc) is 2.48. The van der Waals surface area contributed by atoms with E-state index >= 15 is 0 Å². The highest BCUT2D eigenvalue weighted by molar-refractivity contribution is 5.42. The van der Waals surface area contributed by atoms with Crippen molar-refractivity contribution in [1.29, 1.82) is 0 Å². The quantitative estimate of drug-likeness (QED) is 0.491. The second kappa shape index (κ2) is 10.2. The van der Waals surface area contributed by atoms with Crippen molar-refractivity contribution in [3.63, 3.8) is 0 Å². The van der Waals surface area contributed by atoms with Crippen molar-refractivity contribution in [2.75, 3.05) is 54.4 Å². The van der Waals surface area contributed by atoms with Crippen LogP contribution in [0.4, 0.5) is 5.69 Å². The Kier molecular flexibility index (Phi) is 8.67. The van der Waals surface area contributed by atoms with Crippen LogP contribution in [0.2, 0.25) is 0 Å². The standard InChI is InChI=1S/C17H30N4O3/c1-18(2)9-5-11-20(12-6-10-19(3)4)14-15-13-16(21(23)24)7-8-17(15)22/h7-8,13,22H,5-6,9-12,14H2,1-4H3. The second-order valence-electron chi connectivity index (χ2n) is 6.66. The van der Waals surface area contributed by atoms with Gasteiger partial charge in [0.2, 0.25) is 0 Å². The SMILES string of the molecule is CN(C)CCCN(CCCN(C)C)Cc1cc([N+](=O)[O-])ccc1O. The summed E-state index contributed by atoms with van der Waals surface area (Å²) in [7, 11) is 8.18. The molecule has 7 nitrogen and oxygen atoms in total. The molecule has 7 heteroatoms. The van der Waals surface area contributed by atoms with Crippen LogP contribution in [0, 0.1) is 10.1 Å². The fraction of sp³-hybridized carbons (Fsp3) is 0.647. The monoisotopic (exact) mass is 338 g/mol. The first-order valence-corrected chi connectivity index (χ1v) is 8.27. The molecule has 136 valence electrons. The van der Waals surface area contributed by atoms with Crippen LogP contribution in [0.5, 0.6) is 5.75 Å². The molecule has 1 aromatic rings. The van der Waals surface area contributed by atoms with E-state index in [1.165, 1.54) is 18.2 Å². The molecule has 0 heterocycles. The third-order valence-corrected chi connectivity index (χ3v) is 3.83. The van der Waals surface area contributed by atoms with Gasteiger partial charge < -0.3 is 14.9 Å². The minimum atomic E-state index is -0.425. The molecular weight excluding hydrogens is 308 g/mol. The third-order valence-electron chi connectivity index (χ3n) is 3.83. The zero-order chi connectivity index (χ0) is 18.1. The number of nitro groups is 1. The third kappa shape index (κ3) is 7.72. The molecule has 1 rings (SSSR count). The summed E-state index contributed by atoms with van der Waals surface area (Å²) in [4.78, 5) is 17.1. The number of aromatic hydroxyl groups is 1. The minimum Gasteiger partial charge on any atom is -0.508 e. The summed E-state index contributed by atoms with van der Waals surface area (Å²) in [6, 6.07) is 4.22. The molecular formula is C17H30N4O3. The number of nitrogens with zero attached hydrogens (tertiary/aromatic N) is 4. The van der Waals surface area contributed by atoms with Gasteiger partial charge in [0.1, 0.15) is 5.75 Å². The summed E-state index contributed by atoms with van der Waals surface area (Å²) < 4.78 is 0.